The average Bonchev–Trinajstić information content (AvgIpc) is 2.93. The maximum absolute atomic E-state index is 12.2. The molecule has 0 saturated heterocycles. The highest BCUT2D eigenvalue weighted by Gasteiger charge is 2.21. The highest BCUT2D eigenvalue weighted by molar-refractivity contribution is 5.92. The number of nitrogen functional groups attached to an aromatic ring is 1. The Hall–Kier alpha value is -3.08. The van der Waals surface area contributed by atoms with Gasteiger partial charge in [0, 0.05) is 6.42 Å². The minimum atomic E-state index is -0.485. The number of hydrogen-bond acceptors (Lipinski definition) is 4. The number of carbonyl (C=O) groups is 1. The summed E-state index contributed by atoms with van der Waals surface area (Å²) in [6.45, 7) is 2.61. The Morgan fingerprint density at radius 2 is 1.64 bits per heavy atom. The Morgan fingerprint density at radius 1 is 1.04 bits per heavy atom. The van der Waals surface area contributed by atoms with Gasteiger partial charge >= 0.3 is 5.97 Å². The zero-order chi connectivity index (χ0) is 17.6. The zero-order valence-electron chi connectivity index (χ0n) is 14.2. The van der Waals surface area contributed by atoms with Crippen LogP contribution in [0.1, 0.15) is 34.4 Å². The fourth-order valence-corrected chi connectivity index (χ4v) is 2.72. The Labute approximate surface area is 147 Å². The fraction of sp³-hybridized carbons (Fsp3) is 0.200. The van der Waals surface area contributed by atoms with Crippen molar-refractivity contribution in [2.45, 2.75) is 19.9 Å². The summed E-state index contributed by atoms with van der Waals surface area (Å²) in [5, 5.41) is 0. The van der Waals surface area contributed by atoms with Gasteiger partial charge in [0.15, 0.2) is 5.69 Å². The molecule has 0 aliphatic heterocycles. The average molecular weight is 335 g/mol. The van der Waals surface area contributed by atoms with E-state index in [4.69, 9.17) is 10.5 Å². The summed E-state index contributed by atoms with van der Waals surface area (Å²) in [5.41, 5.74) is 8.62. The Morgan fingerprint density at radius 3 is 2.24 bits per heavy atom. The third-order valence-electron chi connectivity index (χ3n) is 3.94. The molecule has 5 nitrogen and oxygen atoms in total. The number of nitrogens with zero attached hydrogens (tertiary/aromatic N) is 2. The lowest BCUT2D eigenvalue weighted by atomic mass is 10.1. The minimum Gasteiger partial charge on any atom is -0.461 e. The summed E-state index contributed by atoms with van der Waals surface area (Å²) >= 11 is 0. The first kappa shape index (κ1) is 16.8. The molecule has 0 unspecified atom stereocenters. The first-order chi connectivity index (χ1) is 12.2. The van der Waals surface area contributed by atoms with Crippen molar-refractivity contribution in [1.29, 1.82) is 0 Å². The van der Waals surface area contributed by atoms with Gasteiger partial charge in [0.1, 0.15) is 11.6 Å². The van der Waals surface area contributed by atoms with Crippen LogP contribution in [0.3, 0.4) is 0 Å². The van der Waals surface area contributed by atoms with Crippen LogP contribution >= 0.6 is 0 Å². The molecule has 0 aliphatic carbocycles. The number of benzene rings is 2. The lowest BCUT2D eigenvalue weighted by molar-refractivity contribution is 0.0521. The predicted octanol–water partition coefficient (Wildman–Crippen LogP) is 3.28. The van der Waals surface area contributed by atoms with E-state index in [0.29, 0.717) is 18.8 Å². The summed E-state index contributed by atoms with van der Waals surface area (Å²) in [6, 6.07) is 20.0. The molecule has 5 heteroatoms. The molecule has 0 radical (unpaired) electrons. The number of hydrogen-bond donors (Lipinski definition) is 1. The first-order valence-electron chi connectivity index (χ1n) is 8.29. The van der Waals surface area contributed by atoms with E-state index in [0.717, 1.165) is 17.0 Å². The lowest BCUT2D eigenvalue weighted by Gasteiger charge is -2.10. The predicted molar refractivity (Wildman–Crippen MR) is 97.4 cm³/mol. The molecule has 1 aromatic heterocycles. The van der Waals surface area contributed by atoms with Crippen molar-refractivity contribution in [1.82, 2.24) is 9.55 Å². The van der Waals surface area contributed by atoms with Gasteiger partial charge in [0.2, 0.25) is 0 Å². The second kappa shape index (κ2) is 7.66. The van der Waals surface area contributed by atoms with E-state index in [9.17, 15) is 4.79 Å². The van der Waals surface area contributed by atoms with E-state index in [2.05, 4.69) is 4.98 Å². The lowest BCUT2D eigenvalue weighted by Crippen LogP contribution is -2.11. The van der Waals surface area contributed by atoms with Gasteiger partial charge in [-0.3, -0.25) is 0 Å². The van der Waals surface area contributed by atoms with Crippen molar-refractivity contribution in [2.24, 2.45) is 0 Å². The third-order valence-corrected chi connectivity index (χ3v) is 3.94. The summed E-state index contributed by atoms with van der Waals surface area (Å²) in [6.07, 6.45) is 0.595. The molecule has 3 rings (SSSR count). The number of ether oxygens (including phenoxy) is 1. The van der Waals surface area contributed by atoms with E-state index >= 15 is 0 Å². The maximum atomic E-state index is 12.2. The van der Waals surface area contributed by atoms with E-state index in [1.165, 1.54) is 0 Å². The van der Waals surface area contributed by atoms with Crippen LogP contribution in [0, 0.1) is 0 Å². The number of nitrogens with two attached hydrogens (primary N) is 1. The second-order valence-electron chi connectivity index (χ2n) is 5.72. The molecule has 1 heterocycles. The van der Waals surface area contributed by atoms with Crippen molar-refractivity contribution >= 4 is 11.8 Å². The highest BCUT2D eigenvalue weighted by Crippen LogP contribution is 2.20. The van der Waals surface area contributed by atoms with Gasteiger partial charge in [0.05, 0.1) is 13.2 Å². The van der Waals surface area contributed by atoms with Crippen LogP contribution in [-0.4, -0.2) is 22.1 Å². The molecule has 2 aromatic carbocycles. The molecular weight excluding hydrogens is 314 g/mol. The van der Waals surface area contributed by atoms with Crippen LogP contribution in [0.2, 0.25) is 0 Å². The summed E-state index contributed by atoms with van der Waals surface area (Å²) in [7, 11) is 0. The molecule has 0 fully saturated rings. The summed E-state index contributed by atoms with van der Waals surface area (Å²) < 4.78 is 6.97. The number of esters is 1. The van der Waals surface area contributed by atoms with Crippen molar-refractivity contribution < 1.29 is 9.53 Å². The van der Waals surface area contributed by atoms with E-state index in [-0.39, 0.29) is 12.3 Å². The molecule has 0 amide bonds. The van der Waals surface area contributed by atoms with Crippen LogP contribution in [-0.2, 0) is 17.7 Å². The monoisotopic (exact) mass is 335 g/mol. The standard InChI is InChI=1S/C20H21N3O2/c1-2-25-20(24)18-19(21)23(14-16-11-7-4-8-12-16)17(22-18)13-15-9-5-3-6-10-15/h3-12H,2,13-14,21H2,1H3. The van der Waals surface area contributed by atoms with Gasteiger partial charge in [-0.25, -0.2) is 9.78 Å². The smallest absolute Gasteiger partial charge is 0.360 e. The quantitative estimate of drug-likeness (QED) is 0.702. The summed E-state index contributed by atoms with van der Waals surface area (Å²) in [5.74, 6) is 0.602. The number of carbonyl (C=O) groups excluding carboxylic acids is 1. The van der Waals surface area contributed by atoms with Crippen LogP contribution in [0.5, 0.6) is 0 Å². The fourth-order valence-electron chi connectivity index (χ4n) is 2.72. The largest absolute Gasteiger partial charge is 0.461 e. The SMILES string of the molecule is CCOC(=O)c1nc(Cc2ccccc2)n(Cc2ccccc2)c1N. The maximum Gasteiger partial charge on any atom is 0.360 e. The van der Waals surface area contributed by atoms with Gasteiger partial charge in [-0.1, -0.05) is 60.7 Å². The molecule has 25 heavy (non-hydrogen) atoms. The Balaban J connectivity index is 1.98. The Bertz CT molecular complexity index is 842. The van der Waals surface area contributed by atoms with Gasteiger partial charge in [-0.15, -0.1) is 0 Å². The number of anilines is 1. The van der Waals surface area contributed by atoms with Crippen molar-refractivity contribution in [3.63, 3.8) is 0 Å². The molecule has 0 spiro atoms. The Kier molecular flexibility index (Phi) is 5.14. The van der Waals surface area contributed by atoms with E-state index in [1.807, 2.05) is 65.2 Å². The zero-order valence-corrected chi connectivity index (χ0v) is 14.2. The van der Waals surface area contributed by atoms with Gasteiger partial charge in [-0.2, -0.15) is 0 Å². The molecule has 0 saturated carbocycles. The van der Waals surface area contributed by atoms with Crippen LogP contribution in [0.4, 0.5) is 5.82 Å². The third kappa shape index (κ3) is 3.88. The number of rotatable bonds is 6. The minimum absolute atomic E-state index is 0.184. The van der Waals surface area contributed by atoms with Crippen molar-refractivity contribution in [2.75, 3.05) is 12.3 Å². The molecule has 0 aliphatic rings. The van der Waals surface area contributed by atoms with Gasteiger partial charge < -0.3 is 15.0 Å². The number of aromatic nitrogens is 2. The van der Waals surface area contributed by atoms with E-state index in [1.54, 1.807) is 6.92 Å². The molecule has 2 N–H and O–H groups in total. The van der Waals surface area contributed by atoms with Crippen LogP contribution in [0.25, 0.3) is 0 Å². The van der Waals surface area contributed by atoms with Gasteiger partial charge in [-0.05, 0) is 18.1 Å². The number of imidazole rings is 1. The van der Waals surface area contributed by atoms with Crippen LogP contribution < -0.4 is 5.73 Å². The van der Waals surface area contributed by atoms with Crippen LogP contribution in [0.15, 0.2) is 60.7 Å². The molecular formula is C20H21N3O2. The first-order valence-corrected chi connectivity index (χ1v) is 8.29. The topological polar surface area (TPSA) is 70.1 Å². The molecule has 0 atom stereocenters. The molecule has 128 valence electrons. The molecule has 0 bridgehead atoms. The second-order valence-corrected chi connectivity index (χ2v) is 5.72. The normalized spacial score (nSPS) is 10.6. The van der Waals surface area contributed by atoms with Crippen molar-refractivity contribution in [3.05, 3.63) is 83.3 Å². The van der Waals surface area contributed by atoms with Crippen molar-refractivity contribution in [3.8, 4) is 0 Å². The molecule has 3 aromatic rings. The highest BCUT2D eigenvalue weighted by atomic mass is 16.5. The van der Waals surface area contributed by atoms with Gasteiger partial charge in [0.25, 0.3) is 0 Å². The van der Waals surface area contributed by atoms with E-state index < -0.39 is 5.97 Å². The summed E-state index contributed by atoms with van der Waals surface area (Å²) in [4.78, 5) is 16.6.